The number of likely N-dealkylation sites (tertiary alicyclic amines) is 3. The van der Waals surface area contributed by atoms with Crippen LogP contribution in [0.4, 0.5) is 5.69 Å². The zero-order valence-corrected chi connectivity index (χ0v) is 30.7. The van der Waals surface area contributed by atoms with Crippen LogP contribution < -0.4 is 4.90 Å². The van der Waals surface area contributed by atoms with Crippen molar-refractivity contribution in [1.29, 1.82) is 0 Å². The third-order valence-corrected chi connectivity index (χ3v) is 11.2. The van der Waals surface area contributed by atoms with E-state index in [9.17, 15) is 0 Å². The predicted molar refractivity (Wildman–Crippen MR) is 200 cm³/mol. The highest BCUT2D eigenvalue weighted by Crippen LogP contribution is 2.30. The van der Waals surface area contributed by atoms with Gasteiger partial charge in [-0.15, -0.1) is 0 Å². The molecule has 1 aromatic carbocycles. The van der Waals surface area contributed by atoms with Crippen molar-refractivity contribution in [3.8, 4) is 0 Å². The van der Waals surface area contributed by atoms with E-state index in [1.54, 1.807) is 5.56 Å². The van der Waals surface area contributed by atoms with E-state index in [-0.39, 0.29) is 0 Å². The molecule has 0 spiro atoms. The third kappa shape index (κ3) is 10.0. The number of fused-ring (bicyclic) bond motifs is 1. The molecule has 0 radical (unpaired) electrons. The average molecular weight is 644 g/mol. The average Bonchev–Trinajstić information content (AvgIpc) is 3.49. The number of anilines is 1. The van der Waals surface area contributed by atoms with Crippen molar-refractivity contribution in [2.24, 2.45) is 11.8 Å². The maximum atomic E-state index is 4.62. The predicted octanol–water partition coefficient (Wildman–Crippen LogP) is 6.65. The van der Waals surface area contributed by atoms with Crippen molar-refractivity contribution < 1.29 is 0 Å². The van der Waals surface area contributed by atoms with Crippen LogP contribution in [0.15, 0.2) is 48.8 Å². The molecule has 6 heterocycles. The Bertz CT molecular complexity index is 1320. The molecule has 0 bridgehead atoms. The Labute approximate surface area is 286 Å². The topological polar surface area (TPSA) is 33.5 Å². The van der Waals surface area contributed by atoms with Gasteiger partial charge in [-0.05, 0) is 141 Å². The molecule has 4 fully saturated rings. The van der Waals surface area contributed by atoms with E-state index < -0.39 is 0 Å². The molecule has 4 aliphatic heterocycles. The molecule has 0 saturated carbocycles. The number of hydrogen-bond acceptors (Lipinski definition) is 6. The van der Waals surface area contributed by atoms with Gasteiger partial charge in [0.05, 0.1) is 5.69 Å². The maximum absolute atomic E-state index is 4.62. The zero-order valence-electron chi connectivity index (χ0n) is 30.7. The molecule has 4 aliphatic rings. The zero-order chi connectivity index (χ0) is 33.2. The van der Waals surface area contributed by atoms with Gasteiger partial charge in [0.25, 0.3) is 0 Å². The van der Waals surface area contributed by atoms with E-state index in [2.05, 4.69) is 104 Å². The lowest BCUT2D eigenvalue weighted by Gasteiger charge is -2.39. The molecule has 3 aromatic rings. The van der Waals surface area contributed by atoms with Crippen LogP contribution in [-0.2, 0) is 0 Å². The van der Waals surface area contributed by atoms with Gasteiger partial charge in [-0.1, -0.05) is 43.7 Å². The molecule has 260 valence electrons. The van der Waals surface area contributed by atoms with Gasteiger partial charge in [0.1, 0.15) is 0 Å². The van der Waals surface area contributed by atoms with Gasteiger partial charge in [-0.2, -0.15) is 0 Å². The largest absolute Gasteiger partial charge is 0.366 e. The van der Waals surface area contributed by atoms with Crippen LogP contribution in [-0.4, -0.2) is 122 Å². The van der Waals surface area contributed by atoms with Gasteiger partial charge in [-0.25, -0.2) is 4.98 Å². The number of nitrogens with zero attached hydrogens (tertiary/aromatic N) is 7. The Morgan fingerprint density at radius 1 is 0.660 bits per heavy atom. The molecule has 7 heteroatoms. The summed E-state index contributed by atoms with van der Waals surface area (Å²) in [6.07, 6.45) is 12.3. The summed E-state index contributed by atoms with van der Waals surface area (Å²) in [5.41, 5.74) is 6.55. The first kappa shape index (κ1) is 35.8. The highest BCUT2D eigenvalue weighted by atomic mass is 15.3. The second-order valence-corrected chi connectivity index (χ2v) is 14.8. The second-order valence-electron chi connectivity index (χ2n) is 14.8. The number of piperazine rings is 1. The molecule has 7 nitrogen and oxygen atoms in total. The number of piperidine rings is 3. The van der Waals surface area contributed by atoms with Crippen molar-refractivity contribution in [3.05, 3.63) is 65.6 Å². The first-order valence-electron chi connectivity index (χ1n) is 19.0. The summed E-state index contributed by atoms with van der Waals surface area (Å²) in [6.45, 7) is 23.2. The SMILES string of the molecule is CC.Cc1cccc(C2CCN(CC3CCN(C)CC3)CC2)c1.Cc1cnc2c(N3CCN(CC4CCN(C)CC4)CC3)cccn12. The van der Waals surface area contributed by atoms with Gasteiger partial charge in [-0.3, -0.25) is 4.90 Å². The summed E-state index contributed by atoms with van der Waals surface area (Å²) in [5.74, 6) is 2.63. The van der Waals surface area contributed by atoms with Crippen LogP contribution in [0.5, 0.6) is 0 Å². The third-order valence-electron chi connectivity index (χ3n) is 11.2. The van der Waals surface area contributed by atoms with E-state index >= 15 is 0 Å². The number of hydrogen-bond donors (Lipinski definition) is 0. The number of benzene rings is 1. The smallest absolute Gasteiger partial charge is 0.160 e. The Kier molecular flexibility index (Phi) is 13.6. The molecule has 0 aliphatic carbocycles. The summed E-state index contributed by atoms with van der Waals surface area (Å²) in [4.78, 5) is 17.5. The molecule has 0 N–H and O–H groups in total. The fourth-order valence-electron chi connectivity index (χ4n) is 8.13. The Hall–Kier alpha value is -2.45. The van der Waals surface area contributed by atoms with Crippen molar-refractivity contribution in [2.45, 2.75) is 72.1 Å². The van der Waals surface area contributed by atoms with Crippen molar-refractivity contribution in [3.63, 3.8) is 0 Å². The second kappa shape index (κ2) is 17.8. The van der Waals surface area contributed by atoms with E-state index in [0.29, 0.717) is 0 Å². The van der Waals surface area contributed by atoms with Crippen LogP contribution in [0.25, 0.3) is 5.65 Å². The van der Waals surface area contributed by atoms with E-state index in [1.807, 2.05) is 20.0 Å². The van der Waals surface area contributed by atoms with E-state index in [0.717, 1.165) is 36.5 Å². The molecule has 0 unspecified atom stereocenters. The van der Waals surface area contributed by atoms with Gasteiger partial charge < -0.3 is 24.0 Å². The quantitative estimate of drug-likeness (QED) is 0.299. The highest BCUT2D eigenvalue weighted by molar-refractivity contribution is 5.69. The number of pyridine rings is 1. The lowest BCUT2D eigenvalue weighted by molar-refractivity contribution is 0.139. The van der Waals surface area contributed by atoms with E-state index in [4.69, 9.17) is 0 Å². The minimum absolute atomic E-state index is 0.790. The van der Waals surface area contributed by atoms with Crippen LogP contribution in [0.1, 0.15) is 75.1 Å². The Morgan fingerprint density at radius 3 is 1.81 bits per heavy atom. The summed E-state index contributed by atoms with van der Waals surface area (Å²) in [7, 11) is 4.50. The van der Waals surface area contributed by atoms with Crippen molar-refractivity contribution in [2.75, 3.05) is 97.5 Å². The van der Waals surface area contributed by atoms with Crippen molar-refractivity contribution >= 4 is 11.3 Å². The Morgan fingerprint density at radius 2 is 1.23 bits per heavy atom. The molecule has 7 rings (SSSR count). The lowest BCUT2D eigenvalue weighted by Crippen LogP contribution is -2.48. The molecule has 0 amide bonds. The molecule has 2 aromatic heterocycles. The molecule has 0 atom stereocenters. The monoisotopic (exact) mass is 644 g/mol. The molecule has 4 saturated heterocycles. The number of rotatable bonds is 6. The summed E-state index contributed by atoms with van der Waals surface area (Å²) >= 11 is 0. The molecular weight excluding hydrogens is 578 g/mol. The van der Waals surface area contributed by atoms with Gasteiger partial charge in [0.15, 0.2) is 5.65 Å². The standard InChI is InChI=1S/C19H29N5.C19H30N2.C2H6/c1-16-14-20-19-18(4-3-7-24(16)19)23-12-10-22(11-13-23)15-17-5-8-21(2)9-6-17;1-16-4-3-5-19(14-16)18-8-12-21(13-9-18)15-17-6-10-20(2)11-7-17;1-2/h3-4,7,14,17H,5-6,8-13,15H2,1-2H3;3-5,14,17-18H,6-13,15H2,1-2H3;1-2H3. The summed E-state index contributed by atoms with van der Waals surface area (Å²) < 4.78 is 2.19. The van der Waals surface area contributed by atoms with Crippen LogP contribution in [0, 0.1) is 25.7 Å². The summed E-state index contributed by atoms with van der Waals surface area (Å²) in [5, 5.41) is 0. The first-order chi connectivity index (χ1) is 22.9. The fourth-order valence-corrected chi connectivity index (χ4v) is 8.13. The van der Waals surface area contributed by atoms with Gasteiger partial charge >= 0.3 is 0 Å². The van der Waals surface area contributed by atoms with Gasteiger partial charge in [0, 0.05) is 57.4 Å². The van der Waals surface area contributed by atoms with Crippen LogP contribution >= 0.6 is 0 Å². The fraction of sp³-hybridized carbons (Fsp3) is 0.675. The molecule has 47 heavy (non-hydrogen) atoms. The van der Waals surface area contributed by atoms with Crippen LogP contribution in [0.3, 0.4) is 0 Å². The minimum atomic E-state index is 0.790. The highest BCUT2D eigenvalue weighted by Gasteiger charge is 2.25. The number of imidazole rings is 1. The number of aryl methyl sites for hydroxylation is 2. The van der Waals surface area contributed by atoms with Gasteiger partial charge in [0.2, 0.25) is 0 Å². The lowest BCUT2D eigenvalue weighted by atomic mass is 9.88. The normalized spacial score (nSPS) is 21.7. The van der Waals surface area contributed by atoms with E-state index in [1.165, 1.54) is 121 Å². The molecular formula is C40H65N7. The maximum Gasteiger partial charge on any atom is 0.160 e. The summed E-state index contributed by atoms with van der Waals surface area (Å²) in [6, 6.07) is 13.5. The van der Waals surface area contributed by atoms with Crippen LogP contribution in [0.2, 0.25) is 0 Å². The van der Waals surface area contributed by atoms with Crippen molar-refractivity contribution in [1.82, 2.24) is 29.0 Å². The Balaban J connectivity index is 0.000000177. The minimum Gasteiger partial charge on any atom is -0.366 e. The number of aromatic nitrogens is 2. The first-order valence-corrected chi connectivity index (χ1v) is 19.0.